The third kappa shape index (κ3) is 5.92. The van der Waals surface area contributed by atoms with E-state index in [0.29, 0.717) is 12.3 Å². The summed E-state index contributed by atoms with van der Waals surface area (Å²) in [7, 11) is 1.30. The van der Waals surface area contributed by atoms with Crippen LogP contribution in [0.4, 0.5) is 0 Å². The molecule has 0 spiro atoms. The Morgan fingerprint density at radius 2 is 2.12 bits per heavy atom. The van der Waals surface area contributed by atoms with Gasteiger partial charge in [0, 0.05) is 25.0 Å². The molecular weight excluding hydrogens is 308 g/mol. The number of hydrogen-bond acceptors (Lipinski definition) is 5. The second kappa shape index (κ2) is 9.09. The Balaban J connectivity index is 1.86. The number of esters is 1. The van der Waals surface area contributed by atoms with Gasteiger partial charge in [0.15, 0.2) is 6.61 Å². The first kappa shape index (κ1) is 17.2. The molecule has 24 heavy (non-hydrogen) atoms. The van der Waals surface area contributed by atoms with Gasteiger partial charge in [0.2, 0.25) is 5.91 Å². The molecule has 6 heteroatoms. The van der Waals surface area contributed by atoms with Crippen LogP contribution in [-0.2, 0) is 20.9 Å². The molecule has 6 nitrogen and oxygen atoms in total. The molecule has 124 valence electrons. The van der Waals surface area contributed by atoms with Gasteiger partial charge >= 0.3 is 5.97 Å². The van der Waals surface area contributed by atoms with Crippen molar-refractivity contribution in [3.63, 3.8) is 0 Å². The predicted octanol–water partition coefficient (Wildman–Crippen LogP) is 1.96. The Kier molecular flexibility index (Phi) is 6.52. The summed E-state index contributed by atoms with van der Waals surface area (Å²) >= 11 is 0. The zero-order valence-corrected chi connectivity index (χ0v) is 13.3. The summed E-state index contributed by atoms with van der Waals surface area (Å²) in [6, 6.07) is 10.8. The molecule has 2 rings (SSSR count). The second-order valence-corrected chi connectivity index (χ2v) is 4.85. The molecule has 0 atom stereocenters. The van der Waals surface area contributed by atoms with Gasteiger partial charge in [-0.2, -0.15) is 0 Å². The number of amides is 1. The summed E-state index contributed by atoms with van der Waals surface area (Å²) in [4.78, 5) is 26.9. The summed E-state index contributed by atoms with van der Waals surface area (Å²) in [6.07, 6.45) is 6.49. The van der Waals surface area contributed by atoms with Gasteiger partial charge in [-0.05, 0) is 35.4 Å². The average molecular weight is 326 g/mol. The largest absolute Gasteiger partial charge is 0.482 e. The van der Waals surface area contributed by atoms with E-state index in [-0.39, 0.29) is 12.5 Å². The van der Waals surface area contributed by atoms with Gasteiger partial charge in [0.1, 0.15) is 5.75 Å². The van der Waals surface area contributed by atoms with Crippen molar-refractivity contribution in [2.45, 2.75) is 6.54 Å². The lowest BCUT2D eigenvalue weighted by Gasteiger charge is -2.05. The van der Waals surface area contributed by atoms with Gasteiger partial charge in [0.25, 0.3) is 0 Å². The van der Waals surface area contributed by atoms with E-state index in [9.17, 15) is 9.59 Å². The average Bonchev–Trinajstić information content (AvgIpc) is 2.64. The van der Waals surface area contributed by atoms with Crippen LogP contribution in [0.1, 0.15) is 11.1 Å². The third-order valence-electron chi connectivity index (χ3n) is 3.06. The lowest BCUT2D eigenvalue weighted by atomic mass is 10.2. The van der Waals surface area contributed by atoms with Crippen LogP contribution in [0.25, 0.3) is 6.08 Å². The van der Waals surface area contributed by atoms with Crippen LogP contribution in [0.2, 0.25) is 0 Å². The van der Waals surface area contributed by atoms with E-state index in [1.165, 1.54) is 13.2 Å². The van der Waals surface area contributed by atoms with E-state index in [1.807, 2.05) is 18.2 Å². The number of carbonyl (C=O) groups is 2. The molecular formula is C18H18N2O4. The number of rotatable bonds is 7. The number of pyridine rings is 1. The fourth-order valence-corrected chi connectivity index (χ4v) is 1.83. The number of ether oxygens (including phenoxy) is 2. The van der Waals surface area contributed by atoms with E-state index in [2.05, 4.69) is 15.0 Å². The molecule has 1 aromatic carbocycles. The van der Waals surface area contributed by atoms with Crippen molar-refractivity contribution < 1.29 is 19.1 Å². The van der Waals surface area contributed by atoms with Crippen molar-refractivity contribution >= 4 is 18.0 Å². The van der Waals surface area contributed by atoms with Gasteiger partial charge in [0.05, 0.1) is 7.11 Å². The fourth-order valence-electron chi connectivity index (χ4n) is 1.83. The number of benzene rings is 1. The molecule has 1 N–H and O–H groups in total. The normalized spacial score (nSPS) is 10.4. The van der Waals surface area contributed by atoms with Gasteiger partial charge in [-0.1, -0.05) is 18.2 Å². The van der Waals surface area contributed by atoms with Crippen LogP contribution in [0.3, 0.4) is 0 Å². The Labute approximate surface area is 140 Å². The van der Waals surface area contributed by atoms with Gasteiger partial charge in [-0.3, -0.25) is 9.78 Å². The first-order chi connectivity index (χ1) is 11.7. The highest BCUT2D eigenvalue weighted by Crippen LogP contribution is 2.14. The first-order valence-electron chi connectivity index (χ1n) is 7.32. The monoisotopic (exact) mass is 326 g/mol. The standard InChI is InChI=1S/C18H18N2O4/c1-23-18(22)13-24-16-6-2-4-14(10-16)7-8-17(21)20-12-15-5-3-9-19-11-15/h2-11H,12-13H2,1H3,(H,20,21)/b8-7+. The minimum Gasteiger partial charge on any atom is -0.482 e. The van der Waals surface area contributed by atoms with Crippen molar-refractivity contribution in [1.29, 1.82) is 0 Å². The second-order valence-electron chi connectivity index (χ2n) is 4.85. The van der Waals surface area contributed by atoms with Crippen molar-refractivity contribution in [3.8, 4) is 5.75 Å². The summed E-state index contributed by atoms with van der Waals surface area (Å²) in [6.45, 7) is 0.258. The molecule has 1 amide bonds. The zero-order chi connectivity index (χ0) is 17.2. The van der Waals surface area contributed by atoms with Crippen molar-refractivity contribution in [2.24, 2.45) is 0 Å². The van der Waals surface area contributed by atoms with Gasteiger partial charge in [-0.15, -0.1) is 0 Å². The smallest absolute Gasteiger partial charge is 0.343 e. The van der Waals surface area contributed by atoms with Gasteiger partial charge < -0.3 is 14.8 Å². The summed E-state index contributed by atoms with van der Waals surface area (Å²) in [5.41, 5.74) is 1.71. The lowest BCUT2D eigenvalue weighted by molar-refractivity contribution is -0.142. The van der Waals surface area contributed by atoms with Crippen molar-refractivity contribution in [1.82, 2.24) is 10.3 Å². The highest BCUT2D eigenvalue weighted by Gasteiger charge is 2.02. The molecule has 0 bridgehead atoms. The SMILES string of the molecule is COC(=O)COc1cccc(/C=C/C(=O)NCc2cccnc2)c1. The minimum atomic E-state index is -0.453. The molecule has 0 aliphatic rings. The van der Waals surface area contributed by atoms with E-state index in [1.54, 1.807) is 36.7 Å². The number of aromatic nitrogens is 1. The van der Waals surface area contributed by atoms with Crippen LogP contribution >= 0.6 is 0 Å². The lowest BCUT2D eigenvalue weighted by Crippen LogP contribution is -2.20. The highest BCUT2D eigenvalue weighted by atomic mass is 16.6. The van der Waals surface area contributed by atoms with Gasteiger partial charge in [-0.25, -0.2) is 4.79 Å². The summed E-state index contributed by atoms with van der Waals surface area (Å²) in [5.74, 6) is -0.135. The molecule has 1 aromatic heterocycles. The van der Waals surface area contributed by atoms with E-state index in [4.69, 9.17) is 4.74 Å². The number of hydrogen-bond donors (Lipinski definition) is 1. The highest BCUT2D eigenvalue weighted by molar-refractivity contribution is 5.91. The minimum absolute atomic E-state index is 0.157. The number of nitrogens with zero attached hydrogens (tertiary/aromatic N) is 1. The topological polar surface area (TPSA) is 77.5 Å². The molecule has 0 fully saturated rings. The van der Waals surface area contributed by atoms with Crippen molar-refractivity contribution in [2.75, 3.05) is 13.7 Å². The van der Waals surface area contributed by atoms with Crippen LogP contribution in [0.15, 0.2) is 54.9 Å². The molecule has 0 saturated heterocycles. The third-order valence-corrected chi connectivity index (χ3v) is 3.06. The first-order valence-corrected chi connectivity index (χ1v) is 7.32. The van der Waals surface area contributed by atoms with E-state index in [0.717, 1.165) is 11.1 Å². The maximum Gasteiger partial charge on any atom is 0.343 e. The maximum atomic E-state index is 11.8. The van der Waals surface area contributed by atoms with Crippen molar-refractivity contribution in [3.05, 3.63) is 66.0 Å². The molecule has 0 radical (unpaired) electrons. The Bertz CT molecular complexity index is 714. The Morgan fingerprint density at radius 3 is 2.88 bits per heavy atom. The van der Waals surface area contributed by atoms with Crippen LogP contribution in [0, 0.1) is 0 Å². The van der Waals surface area contributed by atoms with Crippen LogP contribution in [0.5, 0.6) is 5.75 Å². The van der Waals surface area contributed by atoms with E-state index >= 15 is 0 Å². The quantitative estimate of drug-likeness (QED) is 0.622. The molecule has 2 aromatic rings. The number of nitrogens with one attached hydrogen (secondary N) is 1. The Hall–Kier alpha value is -3.15. The molecule has 1 heterocycles. The van der Waals surface area contributed by atoms with Crippen LogP contribution < -0.4 is 10.1 Å². The fraction of sp³-hybridized carbons (Fsp3) is 0.167. The zero-order valence-electron chi connectivity index (χ0n) is 13.3. The number of carbonyl (C=O) groups excluding carboxylic acids is 2. The molecule has 0 saturated carbocycles. The molecule has 0 unspecified atom stereocenters. The molecule has 0 aliphatic carbocycles. The predicted molar refractivity (Wildman–Crippen MR) is 89.1 cm³/mol. The number of methoxy groups -OCH3 is 1. The maximum absolute atomic E-state index is 11.8. The summed E-state index contributed by atoms with van der Waals surface area (Å²) < 4.78 is 9.80. The molecule has 0 aliphatic heterocycles. The Morgan fingerprint density at radius 1 is 1.25 bits per heavy atom. The summed E-state index contributed by atoms with van der Waals surface area (Å²) in [5, 5.41) is 2.77. The van der Waals surface area contributed by atoms with E-state index < -0.39 is 5.97 Å². The van der Waals surface area contributed by atoms with Crippen LogP contribution in [-0.4, -0.2) is 30.6 Å².